The lowest BCUT2D eigenvalue weighted by molar-refractivity contribution is 0.342. The van der Waals surface area contributed by atoms with Crippen LogP contribution in [0.15, 0.2) is 71.5 Å². The van der Waals surface area contributed by atoms with Crippen molar-refractivity contribution in [3.63, 3.8) is 0 Å². The highest BCUT2D eigenvalue weighted by Crippen LogP contribution is 2.41. The molecule has 2 aliphatic rings. The first-order chi connectivity index (χ1) is 14.7. The number of rotatable bonds is 4. The number of fused-ring (bicyclic) bond motifs is 4. The van der Waals surface area contributed by atoms with Crippen molar-refractivity contribution in [2.45, 2.75) is 6.92 Å². The van der Waals surface area contributed by atoms with Crippen molar-refractivity contribution in [1.29, 1.82) is 0 Å². The van der Waals surface area contributed by atoms with Crippen LogP contribution in [0.3, 0.4) is 0 Å². The van der Waals surface area contributed by atoms with Crippen molar-refractivity contribution in [3.05, 3.63) is 82.0 Å². The monoisotopic (exact) mass is 432 g/mol. The van der Waals surface area contributed by atoms with Gasteiger partial charge in [0.15, 0.2) is 0 Å². The van der Waals surface area contributed by atoms with E-state index in [0.717, 1.165) is 31.9 Å². The standard InChI is InChI=1S/C24H17ClN2O2S/c1-2-29-19-10-6-5-9-17(19)26-22-23(28)16-8-4-3-7-15(16)21-24(22)30-20-13-14(25)11-12-18(20)27-21/h3-13,26H,2H2,1H3. The molecule has 30 heavy (non-hydrogen) atoms. The Morgan fingerprint density at radius 1 is 1.03 bits per heavy atom. The number of hydrogen-bond acceptors (Lipinski definition) is 5. The summed E-state index contributed by atoms with van der Waals surface area (Å²) in [7, 11) is 0. The van der Waals surface area contributed by atoms with Gasteiger partial charge in [0.1, 0.15) is 11.4 Å². The first kappa shape index (κ1) is 18.9. The molecule has 0 aromatic heterocycles. The Balaban J connectivity index is 1.84. The minimum Gasteiger partial charge on any atom is -0.492 e. The molecule has 1 heterocycles. The van der Waals surface area contributed by atoms with E-state index in [1.165, 1.54) is 11.3 Å². The maximum atomic E-state index is 13.5. The maximum absolute atomic E-state index is 13.5. The number of benzene rings is 4. The van der Waals surface area contributed by atoms with Crippen molar-refractivity contribution < 1.29 is 4.74 Å². The van der Waals surface area contributed by atoms with Crippen LogP contribution in [-0.2, 0) is 0 Å². The molecule has 148 valence electrons. The molecule has 3 aromatic carbocycles. The molecule has 0 unspecified atom stereocenters. The molecular weight excluding hydrogens is 416 g/mol. The molecule has 0 fully saturated rings. The second kappa shape index (κ2) is 7.59. The summed E-state index contributed by atoms with van der Waals surface area (Å²) in [6.45, 7) is 2.47. The van der Waals surface area contributed by atoms with E-state index in [4.69, 9.17) is 21.3 Å². The van der Waals surface area contributed by atoms with Crippen LogP contribution in [-0.4, -0.2) is 11.6 Å². The van der Waals surface area contributed by atoms with Gasteiger partial charge in [-0.25, -0.2) is 4.98 Å². The highest BCUT2D eigenvalue weighted by molar-refractivity contribution is 7.22. The Hall–Kier alpha value is -3.15. The van der Waals surface area contributed by atoms with Crippen molar-refractivity contribution >= 4 is 55.3 Å². The highest BCUT2D eigenvalue weighted by atomic mass is 35.5. The topological polar surface area (TPSA) is 51.2 Å². The molecule has 6 heteroatoms. The SMILES string of the molecule is CCOc1ccccc1Nc1c2sc3cc(Cl)ccc3nc-2c2ccccc2c1=O. The number of nitrogens with zero attached hydrogens (tertiary/aromatic N) is 1. The third-order valence-corrected chi connectivity index (χ3v) is 6.29. The molecule has 3 aromatic rings. The summed E-state index contributed by atoms with van der Waals surface area (Å²) in [5.74, 6) is 0.697. The van der Waals surface area contributed by atoms with Crippen LogP contribution in [0.5, 0.6) is 5.75 Å². The summed E-state index contributed by atoms with van der Waals surface area (Å²) in [5.41, 5.74) is 2.81. The summed E-state index contributed by atoms with van der Waals surface area (Å²) in [6, 6.07) is 20.8. The fourth-order valence-corrected chi connectivity index (χ4v) is 4.93. The third-order valence-electron chi connectivity index (χ3n) is 4.91. The first-order valence-electron chi connectivity index (χ1n) is 9.59. The molecule has 0 radical (unpaired) electrons. The lowest BCUT2D eigenvalue weighted by atomic mass is 10.0. The van der Waals surface area contributed by atoms with Gasteiger partial charge in [-0.2, -0.15) is 0 Å². The highest BCUT2D eigenvalue weighted by Gasteiger charge is 2.21. The van der Waals surface area contributed by atoms with Gasteiger partial charge in [-0.3, -0.25) is 4.79 Å². The van der Waals surface area contributed by atoms with Gasteiger partial charge < -0.3 is 10.1 Å². The fourth-order valence-electron chi connectivity index (χ4n) is 3.57. The van der Waals surface area contributed by atoms with Crippen LogP contribution < -0.4 is 15.5 Å². The zero-order valence-corrected chi connectivity index (χ0v) is 17.7. The van der Waals surface area contributed by atoms with Crippen LogP contribution >= 0.6 is 22.9 Å². The van der Waals surface area contributed by atoms with E-state index in [1.54, 1.807) is 0 Å². The molecule has 5 rings (SSSR count). The van der Waals surface area contributed by atoms with Crippen molar-refractivity contribution in [2.24, 2.45) is 0 Å². The van der Waals surface area contributed by atoms with Gasteiger partial charge in [-0.1, -0.05) is 48.0 Å². The van der Waals surface area contributed by atoms with Gasteiger partial charge in [0, 0.05) is 15.8 Å². The van der Waals surface area contributed by atoms with Gasteiger partial charge in [0.25, 0.3) is 0 Å². The van der Waals surface area contributed by atoms with Crippen molar-refractivity contribution in [2.75, 3.05) is 11.9 Å². The van der Waals surface area contributed by atoms with Crippen LogP contribution in [0.1, 0.15) is 6.92 Å². The Morgan fingerprint density at radius 3 is 2.63 bits per heavy atom. The molecule has 0 amide bonds. The van der Waals surface area contributed by atoms with Gasteiger partial charge in [-0.15, -0.1) is 11.3 Å². The van der Waals surface area contributed by atoms with E-state index in [0.29, 0.717) is 28.5 Å². The zero-order valence-electron chi connectivity index (χ0n) is 16.1. The minimum absolute atomic E-state index is 0.0659. The van der Waals surface area contributed by atoms with Crippen molar-refractivity contribution in [1.82, 2.24) is 4.98 Å². The Labute approximate surface area is 182 Å². The maximum Gasteiger partial charge on any atom is 0.211 e. The fraction of sp³-hybridized carbons (Fsp3) is 0.0833. The lowest BCUT2D eigenvalue weighted by Crippen LogP contribution is -2.12. The smallest absolute Gasteiger partial charge is 0.211 e. The van der Waals surface area contributed by atoms with Crippen LogP contribution in [0.25, 0.3) is 31.6 Å². The third kappa shape index (κ3) is 3.16. The van der Waals surface area contributed by atoms with E-state index in [1.807, 2.05) is 73.7 Å². The number of para-hydroxylation sites is 2. The van der Waals surface area contributed by atoms with Gasteiger partial charge in [0.2, 0.25) is 5.43 Å². The predicted molar refractivity (Wildman–Crippen MR) is 126 cm³/mol. The Kier molecular flexibility index (Phi) is 4.77. The van der Waals surface area contributed by atoms with E-state index in [-0.39, 0.29) is 5.43 Å². The molecule has 1 aliphatic heterocycles. The summed E-state index contributed by atoms with van der Waals surface area (Å²) < 4.78 is 6.66. The van der Waals surface area contributed by atoms with E-state index in [2.05, 4.69) is 5.32 Å². The normalized spacial score (nSPS) is 11.3. The molecule has 0 saturated heterocycles. The molecule has 0 spiro atoms. The van der Waals surface area contributed by atoms with Gasteiger partial charge >= 0.3 is 0 Å². The number of hydrogen-bond donors (Lipinski definition) is 1. The molecule has 0 bridgehead atoms. The number of halogens is 1. The average molecular weight is 433 g/mol. The quantitative estimate of drug-likeness (QED) is 0.253. The van der Waals surface area contributed by atoms with Crippen LogP contribution in [0.2, 0.25) is 5.02 Å². The molecular formula is C24H17ClN2O2S. The summed E-state index contributed by atoms with van der Waals surface area (Å²) >= 11 is 7.72. The molecule has 0 saturated carbocycles. The number of nitrogens with one attached hydrogen (secondary N) is 1. The van der Waals surface area contributed by atoms with Crippen LogP contribution in [0, 0.1) is 0 Å². The molecule has 0 atom stereocenters. The first-order valence-corrected chi connectivity index (χ1v) is 10.8. The van der Waals surface area contributed by atoms with Crippen molar-refractivity contribution in [3.8, 4) is 16.3 Å². The summed E-state index contributed by atoms with van der Waals surface area (Å²) in [5, 5.41) is 5.45. The van der Waals surface area contributed by atoms with E-state index < -0.39 is 0 Å². The summed E-state index contributed by atoms with van der Waals surface area (Å²) in [4.78, 5) is 19.2. The molecule has 4 nitrogen and oxygen atoms in total. The van der Waals surface area contributed by atoms with E-state index >= 15 is 0 Å². The summed E-state index contributed by atoms with van der Waals surface area (Å²) in [6.07, 6.45) is 0. The largest absolute Gasteiger partial charge is 0.492 e. The van der Waals surface area contributed by atoms with E-state index in [9.17, 15) is 4.79 Å². The Bertz CT molecular complexity index is 1430. The Morgan fingerprint density at radius 2 is 1.80 bits per heavy atom. The molecule has 1 N–H and O–H groups in total. The second-order valence-electron chi connectivity index (χ2n) is 6.81. The zero-order chi connectivity index (χ0) is 20.7. The van der Waals surface area contributed by atoms with Gasteiger partial charge in [-0.05, 0) is 37.3 Å². The number of anilines is 2. The lowest BCUT2D eigenvalue weighted by Gasteiger charge is -2.17. The number of ether oxygens (including phenoxy) is 1. The molecule has 1 aliphatic carbocycles. The minimum atomic E-state index is -0.0659. The average Bonchev–Trinajstić information content (AvgIpc) is 2.77. The predicted octanol–water partition coefficient (Wildman–Crippen LogP) is 6.71. The second-order valence-corrected chi connectivity index (χ2v) is 8.30. The van der Waals surface area contributed by atoms with Gasteiger partial charge in [0.05, 0.1) is 33.1 Å². The van der Waals surface area contributed by atoms with Crippen LogP contribution in [0.4, 0.5) is 11.4 Å². The number of aromatic nitrogens is 1.